The Morgan fingerprint density at radius 1 is 0.792 bits per heavy atom. The summed E-state index contributed by atoms with van der Waals surface area (Å²) in [6.45, 7) is 12.9. The van der Waals surface area contributed by atoms with Crippen LogP contribution in [0, 0.1) is 36.5 Å². The molecular formula is C20H28N2O2. The fourth-order valence-corrected chi connectivity index (χ4v) is 2.49. The molecule has 0 unspecified atom stereocenters. The van der Waals surface area contributed by atoms with Gasteiger partial charge in [-0.2, -0.15) is 10.5 Å². The van der Waals surface area contributed by atoms with Crippen molar-refractivity contribution in [2.75, 3.05) is 0 Å². The van der Waals surface area contributed by atoms with Crippen LogP contribution in [-0.2, 0) is 22.7 Å². The molecular weight excluding hydrogens is 300 g/mol. The predicted molar refractivity (Wildman–Crippen MR) is 94.4 cm³/mol. The Labute approximate surface area is 146 Å². The van der Waals surface area contributed by atoms with Gasteiger partial charge in [-0.3, -0.25) is 0 Å². The smallest absolute Gasteiger partial charge is 0.101 e. The number of nitrogens with zero attached hydrogens (tertiary/aromatic N) is 2. The summed E-state index contributed by atoms with van der Waals surface area (Å²) in [5, 5.41) is 19.0. The third kappa shape index (κ3) is 4.57. The molecule has 0 radical (unpaired) electrons. The van der Waals surface area contributed by atoms with Crippen molar-refractivity contribution >= 4 is 0 Å². The summed E-state index contributed by atoms with van der Waals surface area (Å²) in [5.74, 6) is 0. The summed E-state index contributed by atoms with van der Waals surface area (Å²) in [6, 6.07) is 4.36. The number of benzene rings is 1. The summed E-state index contributed by atoms with van der Waals surface area (Å²) in [6.07, 6.45) is 2.15. The third-order valence-corrected chi connectivity index (χ3v) is 4.67. The second-order valence-electron chi connectivity index (χ2n) is 6.24. The maximum absolute atomic E-state index is 9.48. The minimum atomic E-state index is 0.147. The van der Waals surface area contributed by atoms with E-state index in [2.05, 4.69) is 26.0 Å². The second-order valence-corrected chi connectivity index (χ2v) is 6.24. The van der Waals surface area contributed by atoms with Crippen LogP contribution in [0.25, 0.3) is 0 Å². The number of hydrogen-bond donors (Lipinski definition) is 0. The Morgan fingerprint density at radius 3 is 1.38 bits per heavy atom. The van der Waals surface area contributed by atoms with Crippen molar-refractivity contribution in [3.63, 3.8) is 0 Å². The fourth-order valence-electron chi connectivity index (χ4n) is 2.49. The molecule has 1 aromatic rings. The highest BCUT2D eigenvalue weighted by Crippen LogP contribution is 2.29. The molecule has 0 amide bonds. The van der Waals surface area contributed by atoms with E-state index < -0.39 is 0 Å². The van der Waals surface area contributed by atoms with Gasteiger partial charge in [-0.25, -0.2) is 0 Å². The van der Waals surface area contributed by atoms with Crippen molar-refractivity contribution in [3.05, 3.63) is 33.4 Å². The lowest BCUT2D eigenvalue weighted by molar-refractivity contribution is 0.0392. The topological polar surface area (TPSA) is 66.0 Å². The molecule has 1 aromatic carbocycles. The quantitative estimate of drug-likeness (QED) is 0.695. The Hall–Kier alpha value is -1.88. The lowest BCUT2D eigenvalue weighted by atomic mass is 9.89. The minimum absolute atomic E-state index is 0.147. The largest absolute Gasteiger partial charge is 0.374 e. The van der Waals surface area contributed by atoms with Crippen LogP contribution in [-0.4, -0.2) is 12.2 Å². The summed E-state index contributed by atoms with van der Waals surface area (Å²) >= 11 is 0. The van der Waals surface area contributed by atoms with Gasteiger partial charge in [0.1, 0.15) is 12.1 Å². The Kier molecular flexibility index (Phi) is 7.92. The molecule has 0 fully saturated rings. The average molecular weight is 328 g/mol. The highest BCUT2D eigenvalue weighted by Gasteiger charge is 2.20. The van der Waals surface area contributed by atoms with Gasteiger partial charge in [-0.15, -0.1) is 0 Å². The molecule has 130 valence electrons. The van der Waals surface area contributed by atoms with Crippen LogP contribution in [0.5, 0.6) is 0 Å². The zero-order chi connectivity index (χ0) is 18.3. The molecule has 1 rings (SSSR count). The van der Waals surface area contributed by atoms with Crippen molar-refractivity contribution in [2.24, 2.45) is 0 Å². The summed E-state index contributed by atoms with van der Waals surface area (Å²) in [4.78, 5) is 0. The molecule has 0 aliphatic rings. The van der Waals surface area contributed by atoms with Gasteiger partial charge < -0.3 is 9.47 Å². The van der Waals surface area contributed by atoms with Crippen molar-refractivity contribution in [2.45, 2.75) is 79.8 Å². The van der Waals surface area contributed by atoms with E-state index in [9.17, 15) is 10.5 Å². The van der Waals surface area contributed by atoms with Gasteiger partial charge >= 0.3 is 0 Å². The van der Waals surface area contributed by atoms with Crippen molar-refractivity contribution in [1.29, 1.82) is 10.5 Å². The molecule has 0 heterocycles. The van der Waals surface area contributed by atoms with Crippen LogP contribution in [0.15, 0.2) is 0 Å². The molecule has 0 saturated heterocycles. The number of nitriles is 2. The second kappa shape index (κ2) is 9.42. The monoisotopic (exact) mass is 328 g/mol. The van der Waals surface area contributed by atoms with Crippen LogP contribution in [0.4, 0.5) is 0 Å². The molecule has 0 aromatic heterocycles. The molecule has 2 atom stereocenters. The molecule has 0 saturated carbocycles. The van der Waals surface area contributed by atoms with Gasteiger partial charge in [0.15, 0.2) is 0 Å². The Morgan fingerprint density at radius 2 is 1.12 bits per heavy atom. The van der Waals surface area contributed by atoms with E-state index >= 15 is 0 Å². The van der Waals surface area contributed by atoms with E-state index in [-0.39, 0.29) is 12.2 Å². The first-order valence-corrected chi connectivity index (χ1v) is 8.59. The van der Waals surface area contributed by atoms with Gasteiger partial charge in [0.25, 0.3) is 0 Å². The summed E-state index contributed by atoms with van der Waals surface area (Å²) in [5.41, 5.74) is 4.50. The van der Waals surface area contributed by atoms with Crippen LogP contribution < -0.4 is 0 Å². The van der Waals surface area contributed by atoms with Crippen molar-refractivity contribution in [3.8, 4) is 12.1 Å². The first-order valence-electron chi connectivity index (χ1n) is 8.59. The molecule has 4 heteroatoms. The first-order chi connectivity index (χ1) is 11.4. The lowest BCUT2D eigenvalue weighted by Crippen LogP contribution is -2.14. The Bertz CT molecular complexity index is 596. The van der Waals surface area contributed by atoms with E-state index in [1.54, 1.807) is 0 Å². The minimum Gasteiger partial charge on any atom is -0.374 e. The molecule has 0 spiro atoms. The number of hydrogen-bond acceptors (Lipinski definition) is 4. The van der Waals surface area contributed by atoms with Crippen LogP contribution >= 0.6 is 0 Å². The molecule has 0 aliphatic carbocycles. The molecule has 0 bridgehead atoms. The maximum atomic E-state index is 9.48. The SMILES string of the molecule is CC[C@H](C)OCc1c(C)c(C#N)c(C#N)c(C)c1CO[C@@H](C)CC. The van der Waals surface area contributed by atoms with E-state index in [1.807, 2.05) is 27.7 Å². The highest BCUT2D eigenvalue weighted by molar-refractivity contribution is 5.60. The lowest BCUT2D eigenvalue weighted by Gasteiger charge is -2.21. The summed E-state index contributed by atoms with van der Waals surface area (Å²) < 4.78 is 11.8. The van der Waals surface area contributed by atoms with Crippen molar-refractivity contribution < 1.29 is 9.47 Å². The third-order valence-electron chi connectivity index (χ3n) is 4.67. The zero-order valence-corrected chi connectivity index (χ0v) is 15.7. The van der Waals surface area contributed by atoms with E-state index in [1.165, 1.54) is 0 Å². The predicted octanol–water partition coefficient (Wildman–Crippen LogP) is 4.68. The van der Waals surface area contributed by atoms with E-state index in [0.717, 1.165) is 35.1 Å². The number of rotatable bonds is 8. The first kappa shape index (κ1) is 20.2. The highest BCUT2D eigenvalue weighted by atomic mass is 16.5. The van der Waals surface area contributed by atoms with Crippen LogP contribution in [0.2, 0.25) is 0 Å². The van der Waals surface area contributed by atoms with Gasteiger partial charge in [0.05, 0.1) is 36.5 Å². The van der Waals surface area contributed by atoms with Gasteiger partial charge in [0, 0.05) is 0 Å². The normalized spacial score (nSPS) is 13.2. The average Bonchev–Trinajstić information content (AvgIpc) is 2.59. The maximum Gasteiger partial charge on any atom is 0.101 e. The molecule has 0 aliphatic heterocycles. The molecule has 4 nitrogen and oxygen atoms in total. The van der Waals surface area contributed by atoms with Crippen molar-refractivity contribution in [1.82, 2.24) is 0 Å². The molecule has 0 N–H and O–H groups in total. The fraction of sp³-hybridized carbons (Fsp3) is 0.600. The standard InChI is InChI=1S/C20H28N2O2/c1-7-13(3)23-11-19-15(5)17(9-21)18(10-22)16(6)20(19)12-24-14(4)8-2/h13-14H,7-8,11-12H2,1-6H3/t13-,14-/m0/s1. The number of ether oxygens (including phenoxy) is 2. The van der Waals surface area contributed by atoms with Gasteiger partial charge in [-0.05, 0) is 62.8 Å². The van der Waals surface area contributed by atoms with E-state index in [4.69, 9.17) is 9.47 Å². The van der Waals surface area contributed by atoms with Crippen LogP contribution in [0.3, 0.4) is 0 Å². The van der Waals surface area contributed by atoms with Gasteiger partial charge in [0.2, 0.25) is 0 Å². The summed E-state index contributed by atoms with van der Waals surface area (Å²) in [7, 11) is 0. The zero-order valence-electron chi connectivity index (χ0n) is 15.7. The van der Waals surface area contributed by atoms with Crippen LogP contribution in [0.1, 0.15) is 73.9 Å². The van der Waals surface area contributed by atoms with Gasteiger partial charge in [-0.1, -0.05) is 13.8 Å². The Balaban J connectivity index is 3.37. The van der Waals surface area contributed by atoms with E-state index in [0.29, 0.717) is 24.3 Å². The molecule has 24 heavy (non-hydrogen) atoms.